The molecule has 0 aliphatic heterocycles. The van der Waals surface area contributed by atoms with E-state index >= 15 is 0 Å². The van der Waals surface area contributed by atoms with Crippen LogP contribution in [0.3, 0.4) is 0 Å². The van der Waals surface area contributed by atoms with Gasteiger partial charge in [0.05, 0.1) is 5.60 Å². The molecule has 21 heavy (non-hydrogen) atoms. The second-order valence-electron chi connectivity index (χ2n) is 5.03. The van der Waals surface area contributed by atoms with Crippen LogP contribution in [0.15, 0.2) is 18.2 Å². The van der Waals surface area contributed by atoms with Crippen molar-refractivity contribution in [2.45, 2.75) is 39.2 Å². The molecule has 2 amide bonds. The van der Waals surface area contributed by atoms with Crippen molar-refractivity contribution in [3.05, 3.63) is 28.8 Å². The van der Waals surface area contributed by atoms with Crippen LogP contribution < -0.4 is 10.6 Å². The van der Waals surface area contributed by atoms with E-state index in [1.165, 1.54) is 0 Å². The molecule has 6 heteroatoms. The molecule has 0 atom stereocenters. The molecule has 0 spiro atoms. The van der Waals surface area contributed by atoms with Crippen LogP contribution in [0.25, 0.3) is 0 Å². The molecular weight excluding hydrogens is 292 g/mol. The zero-order valence-electron chi connectivity index (χ0n) is 12.5. The van der Waals surface area contributed by atoms with Crippen molar-refractivity contribution >= 4 is 29.1 Å². The smallest absolute Gasteiger partial charge is 0.313 e. The summed E-state index contributed by atoms with van der Waals surface area (Å²) >= 11 is 5.85. The highest BCUT2D eigenvalue weighted by atomic mass is 35.5. The fourth-order valence-corrected chi connectivity index (χ4v) is 1.91. The van der Waals surface area contributed by atoms with E-state index in [2.05, 4.69) is 10.6 Å². The van der Waals surface area contributed by atoms with Crippen molar-refractivity contribution in [1.82, 2.24) is 5.32 Å². The maximum Gasteiger partial charge on any atom is 0.313 e. The summed E-state index contributed by atoms with van der Waals surface area (Å²) < 4.78 is 0. The first kappa shape index (κ1) is 17.5. The van der Waals surface area contributed by atoms with Gasteiger partial charge >= 0.3 is 11.8 Å². The molecule has 0 aliphatic rings. The second kappa shape index (κ2) is 7.43. The normalized spacial score (nSPS) is 11.1. The summed E-state index contributed by atoms with van der Waals surface area (Å²) in [6.45, 7) is 5.49. The molecule has 0 fully saturated rings. The topological polar surface area (TPSA) is 78.4 Å². The molecule has 0 bridgehead atoms. The van der Waals surface area contributed by atoms with Gasteiger partial charge in [-0.2, -0.15) is 0 Å². The van der Waals surface area contributed by atoms with Crippen LogP contribution in [0, 0.1) is 6.92 Å². The summed E-state index contributed by atoms with van der Waals surface area (Å²) in [5, 5.41) is 15.5. The van der Waals surface area contributed by atoms with Gasteiger partial charge in [0.25, 0.3) is 0 Å². The third kappa shape index (κ3) is 5.02. The molecule has 1 aromatic rings. The van der Waals surface area contributed by atoms with Crippen LogP contribution in [0.2, 0.25) is 5.02 Å². The van der Waals surface area contributed by atoms with E-state index in [0.29, 0.717) is 23.6 Å². The van der Waals surface area contributed by atoms with E-state index in [-0.39, 0.29) is 6.54 Å². The third-order valence-corrected chi connectivity index (χ3v) is 3.78. The average Bonchev–Trinajstić information content (AvgIpc) is 2.48. The van der Waals surface area contributed by atoms with Crippen molar-refractivity contribution in [2.24, 2.45) is 0 Å². The Kier molecular flexibility index (Phi) is 6.18. The molecular formula is C15H21ClN2O3. The first-order valence-electron chi connectivity index (χ1n) is 6.89. The molecule has 0 unspecified atom stereocenters. The molecule has 0 radical (unpaired) electrons. The molecule has 116 valence electrons. The highest BCUT2D eigenvalue weighted by Crippen LogP contribution is 2.20. The first-order chi connectivity index (χ1) is 9.81. The maximum atomic E-state index is 11.8. The molecule has 3 N–H and O–H groups in total. The molecule has 5 nitrogen and oxygen atoms in total. The van der Waals surface area contributed by atoms with E-state index in [1.807, 2.05) is 13.8 Å². The maximum absolute atomic E-state index is 11.8. The van der Waals surface area contributed by atoms with E-state index in [4.69, 9.17) is 11.6 Å². The predicted molar refractivity (Wildman–Crippen MR) is 83.4 cm³/mol. The Morgan fingerprint density at radius 3 is 2.43 bits per heavy atom. The summed E-state index contributed by atoms with van der Waals surface area (Å²) in [6.07, 6.45) is 0.998. The molecule has 1 aromatic carbocycles. The molecule has 0 aliphatic carbocycles. The van der Waals surface area contributed by atoms with Gasteiger partial charge in [-0.1, -0.05) is 31.5 Å². The minimum Gasteiger partial charge on any atom is -0.388 e. The Hall–Kier alpha value is -1.59. The minimum atomic E-state index is -0.984. The van der Waals surface area contributed by atoms with Crippen LogP contribution in [0.1, 0.15) is 32.3 Å². The van der Waals surface area contributed by atoms with Gasteiger partial charge in [0.2, 0.25) is 0 Å². The van der Waals surface area contributed by atoms with E-state index in [9.17, 15) is 14.7 Å². The Morgan fingerprint density at radius 1 is 1.24 bits per heavy atom. The summed E-state index contributed by atoms with van der Waals surface area (Å²) in [5.74, 6) is -1.57. The Bertz CT molecular complexity index is 528. The number of hydrogen-bond acceptors (Lipinski definition) is 3. The van der Waals surface area contributed by atoms with Gasteiger partial charge in [-0.15, -0.1) is 0 Å². The average molecular weight is 313 g/mol. The first-order valence-corrected chi connectivity index (χ1v) is 7.27. The van der Waals surface area contributed by atoms with Crippen molar-refractivity contribution < 1.29 is 14.7 Å². The number of amides is 2. The molecule has 0 saturated carbocycles. The molecule has 1 rings (SSSR count). The van der Waals surface area contributed by atoms with Gasteiger partial charge in [0, 0.05) is 17.3 Å². The highest BCUT2D eigenvalue weighted by molar-refractivity contribution is 6.40. The lowest BCUT2D eigenvalue weighted by molar-refractivity contribution is -0.136. The van der Waals surface area contributed by atoms with Crippen LogP contribution in [-0.2, 0) is 9.59 Å². The van der Waals surface area contributed by atoms with Gasteiger partial charge in [-0.05, 0) is 37.5 Å². The lowest BCUT2D eigenvalue weighted by Crippen LogP contribution is -2.45. The molecule has 0 aromatic heterocycles. The fraction of sp³-hybridized carbons (Fsp3) is 0.467. The summed E-state index contributed by atoms with van der Waals surface area (Å²) in [7, 11) is 0. The van der Waals surface area contributed by atoms with Crippen molar-refractivity contribution in [3.8, 4) is 0 Å². The van der Waals surface area contributed by atoms with Crippen molar-refractivity contribution in [1.29, 1.82) is 0 Å². The SMILES string of the molecule is CCC(O)(CC)CNC(=O)C(=O)Nc1cc(Cl)ccc1C. The number of carbonyl (C=O) groups is 2. The predicted octanol–water partition coefficient (Wildman–Crippen LogP) is 2.25. The minimum absolute atomic E-state index is 0.0424. The standard InChI is InChI=1S/C15H21ClN2O3/c1-4-15(21,5-2)9-17-13(19)14(20)18-12-8-11(16)7-6-10(12)3/h6-8,21H,4-5,9H2,1-3H3,(H,17,19)(H,18,20). The number of anilines is 1. The van der Waals surface area contributed by atoms with Crippen molar-refractivity contribution in [2.75, 3.05) is 11.9 Å². The number of aryl methyl sites for hydroxylation is 1. The lowest BCUT2D eigenvalue weighted by atomic mass is 9.98. The Morgan fingerprint density at radius 2 is 1.86 bits per heavy atom. The van der Waals surface area contributed by atoms with Gasteiger partial charge in [-0.25, -0.2) is 0 Å². The van der Waals surface area contributed by atoms with E-state index in [0.717, 1.165) is 5.56 Å². The monoisotopic (exact) mass is 312 g/mol. The van der Waals surface area contributed by atoms with Crippen molar-refractivity contribution in [3.63, 3.8) is 0 Å². The highest BCUT2D eigenvalue weighted by Gasteiger charge is 2.24. The number of halogens is 1. The lowest BCUT2D eigenvalue weighted by Gasteiger charge is -2.25. The molecule has 0 heterocycles. The number of rotatable bonds is 5. The van der Waals surface area contributed by atoms with Gasteiger partial charge < -0.3 is 15.7 Å². The number of hydrogen-bond donors (Lipinski definition) is 3. The van der Waals surface area contributed by atoms with Gasteiger partial charge in [0.1, 0.15) is 0 Å². The quantitative estimate of drug-likeness (QED) is 0.730. The van der Waals surface area contributed by atoms with Crippen LogP contribution in [-0.4, -0.2) is 29.1 Å². The van der Waals surface area contributed by atoms with Crippen LogP contribution >= 0.6 is 11.6 Å². The fourth-order valence-electron chi connectivity index (χ4n) is 1.73. The summed E-state index contributed by atoms with van der Waals surface area (Å²) in [6, 6.07) is 5.04. The molecule has 0 saturated heterocycles. The number of aliphatic hydroxyl groups is 1. The van der Waals surface area contributed by atoms with Gasteiger partial charge in [0.15, 0.2) is 0 Å². The van der Waals surface area contributed by atoms with Crippen LogP contribution in [0.4, 0.5) is 5.69 Å². The summed E-state index contributed by atoms with van der Waals surface area (Å²) in [4.78, 5) is 23.6. The van der Waals surface area contributed by atoms with Gasteiger partial charge in [-0.3, -0.25) is 9.59 Å². The largest absolute Gasteiger partial charge is 0.388 e. The zero-order valence-corrected chi connectivity index (χ0v) is 13.3. The number of nitrogens with one attached hydrogen (secondary N) is 2. The summed E-state index contributed by atoms with van der Waals surface area (Å²) in [5.41, 5.74) is 0.310. The number of benzene rings is 1. The number of carbonyl (C=O) groups excluding carboxylic acids is 2. The van der Waals surface area contributed by atoms with E-state index in [1.54, 1.807) is 25.1 Å². The third-order valence-electron chi connectivity index (χ3n) is 3.55. The second-order valence-corrected chi connectivity index (χ2v) is 5.46. The van der Waals surface area contributed by atoms with Crippen LogP contribution in [0.5, 0.6) is 0 Å². The zero-order chi connectivity index (χ0) is 16.0. The van der Waals surface area contributed by atoms with E-state index < -0.39 is 17.4 Å². The Labute approximate surface area is 129 Å². The Balaban J connectivity index is 2.63.